The predicted octanol–water partition coefficient (Wildman–Crippen LogP) is 2.36. The Morgan fingerprint density at radius 2 is 1.65 bits per heavy atom. The molecule has 116 valence electrons. The zero-order valence-corrected chi connectivity index (χ0v) is 13.4. The highest BCUT2D eigenvalue weighted by Gasteiger charge is 2.38. The van der Waals surface area contributed by atoms with Gasteiger partial charge in [0.15, 0.2) is 5.96 Å². The SMILES string of the molecule is CCNC(=NC)NCC1(N2CCCCC2)CCCCC1. The Balaban J connectivity index is 1.98. The molecule has 0 bridgehead atoms. The lowest BCUT2D eigenvalue weighted by Gasteiger charge is -2.48. The number of piperidine rings is 1. The van der Waals surface area contributed by atoms with E-state index in [1.54, 1.807) is 0 Å². The molecular weight excluding hydrogens is 248 g/mol. The lowest BCUT2D eigenvalue weighted by atomic mass is 9.79. The van der Waals surface area contributed by atoms with Crippen LogP contribution in [0.5, 0.6) is 0 Å². The molecule has 2 rings (SSSR count). The fourth-order valence-corrected chi connectivity index (χ4v) is 3.82. The zero-order valence-electron chi connectivity index (χ0n) is 13.4. The molecule has 1 saturated heterocycles. The minimum Gasteiger partial charge on any atom is -0.357 e. The summed E-state index contributed by atoms with van der Waals surface area (Å²) in [5.41, 5.74) is 0.379. The summed E-state index contributed by atoms with van der Waals surface area (Å²) in [4.78, 5) is 7.09. The summed E-state index contributed by atoms with van der Waals surface area (Å²) in [6, 6.07) is 0. The van der Waals surface area contributed by atoms with Crippen LogP contribution < -0.4 is 10.6 Å². The van der Waals surface area contributed by atoms with Crippen molar-refractivity contribution in [1.29, 1.82) is 0 Å². The van der Waals surface area contributed by atoms with Crippen LogP contribution in [-0.2, 0) is 0 Å². The lowest BCUT2D eigenvalue weighted by molar-refractivity contribution is 0.0368. The number of aliphatic imine (C=N–C) groups is 1. The molecule has 1 heterocycles. The second-order valence-corrected chi connectivity index (χ2v) is 6.29. The van der Waals surface area contributed by atoms with Crippen LogP contribution >= 0.6 is 0 Å². The van der Waals surface area contributed by atoms with Gasteiger partial charge in [0, 0.05) is 25.7 Å². The smallest absolute Gasteiger partial charge is 0.191 e. The van der Waals surface area contributed by atoms with Gasteiger partial charge in [0.2, 0.25) is 0 Å². The fourth-order valence-electron chi connectivity index (χ4n) is 3.82. The minimum atomic E-state index is 0.379. The van der Waals surface area contributed by atoms with Gasteiger partial charge < -0.3 is 10.6 Å². The third-order valence-electron chi connectivity index (χ3n) is 4.96. The topological polar surface area (TPSA) is 39.7 Å². The van der Waals surface area contributed by atoms with Crippen LogP contribution in [0.2, 0.25) is 0 Å². The molecular formula is C16H32N4. The van der Waals surface area contributed by atoms with Gasteiger partial charge in [-0.15, -0.1) is 0 Å². The van der Waals surface area contributed by atoms with Gasteiger partial charge in [-0.25, -0.2) is 0 Å². The summed E-state index contributed by atoms with van der Waals surface area (Å²) < 4.78 is 0. The molecule has 2 fully saturated rings. The van der Waals surface area contributed by atoms with Crippen molar-refractivity contribution in [3.05, 3.63) is 0 Å². The van der Waals surface area contributed by atoms with E-state index in [1.807, 2.05) is 7.05 Å². The maximum absolute atomic E-state index is 4.31. The van der Waals surface area contributed by atoms with E-state index in [2.05, 4.69) is 27.4 Å². The number of nitrogens with zero attached hydrogens (tertiary/aromatic N) is 2. The molecule has 2 N–H and O–H groups in total. The van der Waals surface area contributed by atoms with Crippen molar-refractivity contribution in [3.8, 4) is 0 Å². The van der Waals surface area contributed by atoms with E-state index in [1.165, 1.54) is 64.5 Å². The largest absolute Gasteiger partial charge is 0.357 e. The highest BCUT2D eigenvalue weighted by Crippen LogP contribution is 2.35. The molecule has 0 amide bonds. The first-order chi connectivity index (χ1) is 9.80. The number of hydrogen-bond acceptors (Lipinski definition) is 2. The molecule has 1 aliphatic heterocycles. The van der Waals surface area contributed by atoms with Gasteiger partial charge in [0.05, 0.1) is 0 Å². The maximum atomic E-state index is 4.31. The van der Waals surface area contributed by atoms with Crippen LogP contribution in [0, 0.1) is 0 Å². The Morgan fingerprint density at radius 3 is 2.25 bits per heavy atom. The lowest BCUT2D eigenvalue weighted by Crippen LogP contribution is -2.59. The maximum Gasteiger partial charge on any atom is 0.191 e. The van der Waals surface area contributed by atoms with Crippen molar-refractivity contribution in [1.82, 2.24) is 15.5 Å². The summed E-state index contributed by atoms with van der Waals surface area (Å²) in [5, 5.41) is 6.89. The van der Waals surface area contributed by atoms with E-state index >= 15 is 0 Å². The third kappa shape index (κ3) is 3.87. The molecule has 2 aliphatic rings. The zero-order chi connectivity index (χ0) is 14.3. The third-order valence-corrected chi connectivity index (χ3v) is 4.96. The second-order valence-electron chi connectivity index (χ2n) is 6.29. The fraction of sp³-hybridized carbons (Fsp3) is 0.938. The molecule has 0 atom stereocenters. The quantitative estimate of drug-likeness (QED) is 0.613. The number of rotatable bonds is 4. The van der Waals surface area contributed by atoms with Gasteiger partial charge in [0.25, 0.3) is 0 Å². The predicted molar refractivity (Wildman–Crippen MR) is 86.3 cm³/mol. The molecule has 20 heavy (non-hydrogen) atoms. The van der Waals surface area contributed by atoms with Crippen molar-refractivity contribution >= 4 is 5.96 Å². The first-order valence-electron chi connectivity index (χ1n) is 8.50. The van der Waals surface area contributed by atoms with Gasteiger partial charge >= 0.3 is 0 Å². The van der Waals surface area contributed by atoms with Gasteiger partial charge in [-0.05, 0) is 45.7 Å². The number of guanidine groups is 1. The molecule has 0 aromatic carbocycles. The van der Waals surface area contributed by atoms with E-state index in [0.29, 0.717) is 5.54 Å². The van der Waals surface area contributed by atoms with Crippen molar-refractivity contribution in [2.24, 2.45) is 4.99 Å². The summed E-state index contributed by atoms with van der Waals surface area (Å²) >= 11 is 0. The van der Waals surface area contributed by atoms with Crippen molar-refractivity contribution < 1.29 is 0 Å². The summed E-state index contributed by atoms with van der Waals surface area (Å²) in [6.07, 6.45) is 11.1. The molecule has 4 heteroatoms. The van der Waals surface area contributed by atoms with E-state index in [-0.39, 0.29) is 0 Å². The van der Waals surface area contributed by atoms with E-state index < -0.39 is 0 Å². The van der Waals surface area contributed by atoms with Gasteiger partial charge in [-0.3, -0.25) is 9.89 Å². The molecule has 0 spiro atoms. The summed E-state index contributed by atoms with van der Waals surface area (Å²) in [7, 11) is 1.86. The van der Waals surface area contributed by atoms with Crippen molar-refractivity contribution in [2.75, 3.05) is 33.2 Å². The average molecular weight is 280 g/mol. The molecule has 0 aromatic heterocycles. The molecule has 1 aliphatic carbocycles. The monoisotopic (exact) mass is 280 g/mol. The normalized spacial score (nSPS) is 24.4. The minimum absolute atomic E-state index is 0.379. The van der Waals surface area contributed by atoms with Crippen LogP contribution in [0.3, 0.4) is 0 Å². The van der Waals surface area contributed by atoms with Crippen LogP contribution in [-0.4, -0.2) is 49.6 Å². The van der Waals surface area contributed by atoms with Gasteiger partial charge in [-0.2, -0.15) is 0 Å². The van der Waals surface area contributed by atoms with E-state index in [4.69, 9.17) is 0 Å². The number of hydrogen-bond donors (Lipinski definition) is 2. The van der Waals surface area contributed by atoms with Gasteiger partial charge in [0.1, 0.15) is 0 Å². The Bertz CT molecular complexity index is 302. The number of nitrogens with one attached hydrogen (secondary N) is 2. The summed E-state index contributed by atoms with van der Waals surface area (Å²) in [5.74, 6) is 0.953. The van der Waals surface area contributed by atoms with Crippen LogP contribution in [0.4, 0.5) is 0 Å². The van der Waals surface area contributed by atoms with Crippen LogP contribution in [0.25, 0.3) is 0 Å². The highest BCUT2D eigenvalue weighted by atomic mass is 15.2. The first kappa shape index (κ1) is 15.6. The summed E-state index contributed by atoms with van der Waals surface area (Å²) in [6.45, 7) is 6.68. The molecule has 0 radical (unpaired) electrons. The van der Waals surface area contributed by atoms with E-state index in [0.717, 1.165) is 19.0 Å². The number of likely N-dealkylation sites (tertiary alicyclic amines) is 1. The highest BCUT2D eigenvalue weighted by molar-refractivity contribution is 5.79. The molecule has 4 nitrogen and oxygen atoms in total. The van der Waals surface area contributed by atoms with Crippen molar-refractivity contribution in [2.45, 2.75) is 63.8 Å². The Labute approximate surface area is 124 Å². The first-order valence-corrected chi connectivity index (χ1v) is 8.50. The Morgan fingerprint density at radius 1 is 1.00 bits per heavy atom. The molecule has 0 unspecified atom stereocenters. The average Bonchev–Trinajstić information content (AvgIpc) is 2.53. The van der Waals surface area contributed by atoms with Crippen LogP contribution in [0.15, 0.2) is 4.99 Å². The van der Waals surface area contributed by atoms with Crippen molar-refractivity contribution in [3.63, 3.8) is 0 Å². The molecule has 0 aromatic rings. The Kier molecular flexibility index (Phi) is 6.14. The second kappa shape index (κ2) is 7.87. The van der Waals surface area contributed by atoms with Gasteiger partial charge in [-0.1, -0.05) is 25.7 Å². The van der Waals surface area contributed by atoms with E-state index in [9.17, 15) is 0 Å². The van der Waals surface area contributed by atoms with Crippen LogP contribution in [0.1, 0.15) is 58.3 Å². The molecule has 1 saturated carbocycles. The Hall–Kier alpha value is -0.770. The standard InChI is InChI=1S/C16H32N4/c1-3-18-15(17-2)19-14-16(10-6-4-7-11-16)20-12-8-5-9-13-20/h3-14H2,1-2H3,(H2,17,18,19).